The van der Waals surface area contributed by atoms with E-state index in [1.165, 1.54) is 0 Å². The topological polar surface area (TPSA) is 59.8 Å². The standard InChI is InChI=1S/C15H18N4O/c1-11(12-5-4-7-16-9-12)17-15(20)13-10-19-8-3-2-6-14(19)18-13/h4-5,7,9-11H,2-3,6,8H2,1H3,(H,17,20). The lowest BCUT2D eigenvalue weighted by molar-refractivity contribution is 0.0935. The molecule has 2 aromatic heterocycles. The molecule has 2 aromatic rings. The van der Waals surface area contributed by atoms with E-state index < -0.39 is 0 Å². The lowest BCUT2D eigenvalue weighted by atomic mass is 10.1. The van der Waals surface area contributed by atoms with Crippen LogP contribution in [0.25, 0.3) is 0 Å². The van der Waals surface area contributed by atoms with Crippen molar-refractivity contribution in [2.45, 2.75) is 38.8 Å². The van der Waals surface area contributed by atoms with Crippen LogP contribution in [-0.4, -0.2) is 20.4 Å². The van der Waals surface area contributed by atoms with Gasteiger partial charge >= 0.3 is 0 Å². The zero-order valence-corrected chi connectivity index (χ0v) is 11.5. The van der Waals surface area contributed by atoms with Gasteiger partial charge in [0, 0.05) is 31.6 Å². The highest BCUT2D eigenvalue weighted by atomic mass is 16.2. The minimum Gasteiger partial charge on any atom is -0.344 e. The Morgan fingerprint density at radius 2 is 2.35 bits per heavy atom. The first-order valence-electron chi connectivity index (χ1n) is 7.01. The summed E-state index contributed by atoms with van der Waals surface area (Å²) in [4.78, 5) is 20.7. The first-order chi connectivity index (χ1) is 9.74. The summed E-state index contributed by atoms with van der Waals surface area (Å²) in [6.45, 7) is 2.92. The third-order valence-electron chi connectivity index (χ3n) is 3.67. The van der Waals surface area contributed by atoms with E-state index in [-0.39, 0.29) is 11.9 Å². The fourth-order valence-corrected chi connectivity index (χ4v) is 2.51. The number of imidazole rings is 1. The maximum atomic E-state index is 12.2. The van der Waals surface area contributed by atoms with Crippen molar-refractivity contribution in [3.05, 3.63) is 47.8 Å². The lowest BCUT2D eigenvalue weighted by Crippen LogP contribution is -2.27. The van der Waals surface area contributed by atoms with Gasteiger partial charge in [0.1, 0.15) is 11.5 Å². The first-order valence-corrected chi connectivity index (χ1v) is 7.01. The number of amides is 1. The van der Waals surface area contributed by atoms with Crippen LogP contribution in [0.15, 0.2) is 30.7 Å². The highest BCUT2D eigenvalue weighted by molar-refractivity contribution is 5.92. The van der Waals surface area contributed by atoms with E-state index in [1.807, 2.05) is 25.3 Å². The van der Waals surface area contributed by atoms with Crippen LogP contribution < -0.4 is 5.32 Å². The molecule has 3 rings (SSSR count). The van der Waals surface area contributed by atoms with Gasteiger partial charge < -0.3 is 9.88 Å². The quantitative estimate of drug-likeness (QED) is 0.929. The molecule has 5 heteroatoms. The highest BCUT2D eigenvalue weighted by Crippen LogP contribution is 2.16. The summed E-state index contributed by atoms with van der Waals surface area (Å²) >= 11 is 0. The first kappa shape index (κ1) is 12.8. The molecule has 1 aliphatic rings. The number of aryl methyl sites for hydroxylation is 2. The van der Waals surface area contributed by atoms with Crippen molar-refractivity contribution in [3.63, 3.8) is 0 Å². The number of aromatic nitrogens is 3. The number of carbonyl (C=O) groups excluding carboxylic acids is 1. The van der Waals surface area contributed by atoms with Crippen LogP contribution >= 0.6 is 0 Å². The van der Waals surface area contributed by atoms with Gasteiger partial charge in [-0.1, -0.05) is 6.07 Å². The second kappa shape index (κ2) is 5.45. The SMILES string of the molecule is CC(NC(=O)c1cn2c(n1)CCCC2)c1cccnc1. The van der Waals surface area contributed by atoms with E-state index in [1.54, 1.807) is 12.4 Å². The number of carbonyl (C=O) groups is 1. The summed E-state index contributed by atoms with van der Waals surface area (Å²) in [6, 6.07) is 3.75. The van der Waals surface area contributed by atoms with E-state index in [0.717, 1.165) is 37.2 Å². The van der Waals surface area contributed by atoms with Gasteiger partial charge in [0.25, 0.3) is 5.91 Å². The normalized spacial score (nSPS) is 15.4. The molecule has 0 aromatic carbocycles. The molecule has 3 heterocycles. The maximum absolute atomic E-state index is 12.2. The zero-order chi connectivity index (χ0) is 13.9. The summed E-state index contributed by atoms with van der Waals surface area (Å²) in [6.07, 6.45) is 8.64. The van der Waals surface area contributed by atoms with Gasteiger partial charge in [-0.2, -0.15) is 0 Å². The Hall–Kier alpha value is -2.17. The second-order valence-electron chi connectivity index (χ2n) is 5.17. The van der Waals surface area contributed by atoms with Crippen LogP contribution in [0.2, 0.25) is 0 Å². The van der Waals surface area contributed by atoms with Crippen molar-refractivity contribution in [2.75, 3.05) is 0 Å². The summed E-state index contributed by atoms with van der Waals surface area (Å²) < 4.78 is 2.09. The van der Waals surface area contributed by atoms with Gasteiger partial charge in [0.05, 0.1) is 6.04 Å². The van der Waals surface area contributed by atoms with Crippen molar-refractivity contribution in [2.24, 2.45) is 0 Å². The van der Waals surface area contributed by atoms with E-state index in [4.69, 9.17) is 0 Å². The number of nitrogens with zero attached hydrogens (tertiary/aromatic N) is 3. The molecule has 1 N–H and O–H groups in total. The lowest BCUT2D eigenvalue weighted by Gasteiger charge is -2.12. The number of nitrogens with one attached hydrogen (secondary N) is 1. The molecular formula is C15H18N4O. The molecule has 0 saturated heterocycles. The van der Waals surface area contributed by atoms with Crippen molar-refractivity contribution in [3.8, 4) is 0 Å². The summed E-state index contributed by atoms with van der Waals surface area (Å²) in [7, 11) is 0. The van der Waals surface area contributed by atoms with Crippen LogP contribution in [-0.2, 0) is 13.0 Å². The molecule has 5 nitrogen and oxygen atoms in total. The highest BCUT2D eigenvalue weighted by Gasteiger charge is 2.18. The van der Waals surface area contributed by atoms with Crippen LogP contribution in [0, 0.1) is 0 Å². The van der Waals surface area contributed by atoms with Crippen LogP contribution in [0.3, 0.4) is 0 Å². The maximum Gasteiger partial charge on any atom is 0.271 e. The Morgan fingerprint density at radius 1 is 1.45 bits per heavy atom. The molecule has 0 fully saturated rings. The third kappa shape index (κ3) is 2.57. The molecule has 0 spiro atoms. The molecule has 20 heavy (non-hydrogen) atoms. The molecule has 0 aliphatic carbocycles. The molecule has 1 aliphatic heterocycles. The van der Waals surface area contributed by atoms with Crippen molar-refractivity contribution >= 4 is 5.91 Å². The van der Waals surface area contributed by atoms with E-state index in [0.29, 0.717) is 5.69 Å². The molecule has 0 radical (unpaired) electrons. The van der Waals surface area contributed by atoms with E-state index >= 15 is 0 Å². The average molecular weight is 270 g/mol. The van der Waals surface area contributed by atoms with Crippen molar-refractivity contribution in [1.82, 2.24) is 19.9 Å². The third-order valence-corrected chi connectivity index (χ3v) is 3.67. The van der Waals surface area contributed by atoms with Gasteiger partial charge in [0.15, 0.2) is 0 Å². The van der Waals surface area contributed by atoms with Crippen molar-refractivity contribution < 1.29 is 4.79 Å². The molecule has 1 amide bonds. The Balaban J connectivity index is 1.71. The predicted molar refractivity (Wildman–Crippen MR) is 75.3 cm³/mol. The number of pyridine rings is 1. The summed E-state index contributed by atoms with van der Waals surface area (Å²) in [5.41, 5.74) is 1.50. The predicted octanol–water partition coefficient (Wildman–Crippen LogP) is 2.11. The van der Waals surface area contributed by atoms with Gasteiger partial charge in [-0.05, 0) is 31.4 Å². The minimum atomic E-state index is -0.122. The average Bonchev–Trinajstić information content (AvgIpc) is 2.92. The largest absolute Gasteiger partial charge is 0.344 e. The summed E-state index contributed by atoms with van der Waals surface area (Å²) in [5, 5.41) is 2.97. The van der Waals surface area contributed by atoms with Gasteiger partial charge in [0.2, 0.25) is 0 Å². The van der Waals surface area contributed by atoms with Crippen LogP contribution in [0.1, 0.15) is 47.7 Å². The Labute approximate surface area is 118 Å². The molecular weight excluding hydrogens is 252 g/mol. The molecule has 104 valence electrons. The fourth-order valence-electron chi connectivity index (χ4n) is 2.51. The number of rotatable bonds is 3. The Morgan fingerprint density at radius 3 is 3.10 bits per heavy atom. The van der Waals surface area contributed by atoms with E-state index in [2.05, 4.69) is 19.9 Å². The zero-order valence-electron chi connectivity index (χ0n) is 11.5. The number of hydrogen-bond donors (Lipinski definition) is 1. The molecule has 1 atom stereocenters. The fraction of sp³-hybridized carbons (Fsp3) is 0.400. The Bertz CT molecular complexity index is 582. The molecule has 0 saturated carbocycles. The second-order valence-corrected chi connectivity index (χ2v) is 5.17. The van der Waals surface area contributed by atoms with Crippen LogP contribution in [0.4, 0.5) is 0 Å². The van der Waals surface area contributed by atoms with Crippen LogP contribution in [0.5, 0.6) is 0 Å². The van der Waals surface area contributed by atoms with E-state index in [9.17, 15) is 4.79 Å². The van der Waals surface area contributed by atoms with Crippen molar-refractivity contribution in [1.29, 1.82) is 0 Å². The smallest absolute Gasteiger partial charge is 0.271 e. The van der Waals surface area contributed by atoms with Gasteiger partial charge in [-0.25, -0.2) is 4.98 Å². The van der Waals surface area contributed by atoms with Gasteiger partial charge in [-0.15, -0.1) is 0 Å². The molecule has 1 unspecified atom stereocenters. The Kier molecular flexibility index (Phi) is 3.50. The number of hydrogen-bond acceptors (Lipinski definition) is 3. The molecule has 0 bridgehead atoms. The number of fused-ring (bicyclic) bond motifs is 1. The minimum absolute atomic E-state index is 0.0741. The monoisotopic (exact) mass is 270 g/mol. The summed E-state index contributed by atoms with van der Waals surface area (Å²) in [5.74, 6) is 0.902. The van der Waals surface area contributed by atoms with Gasteiger partial charge in [-0.3, -0.25) is 9.78 Å².